The molecule has 5 rings (SSSR count). The first kappa shape index (κ1) is 26.7. The lowest BCUT2D eigenvalue weighted by molar-refractivity contribution is 0.0482. The largest absolute Gasteiger partial charge is 0.478 e. The van der Waals surface area contributed by atoms with Gasteiger partial charge in [0.1, 0.15) is 19.3 Å². The van der Waals surface area contributed by atoms with E-state index in [-0.39, 0.29) is 17.6 Å². The Morgan fingerprint density at radius 2 is 1.73 bits per heavy atom. The minimum atomic E-state index is -3.90. The molecule has 9 nitrogen and oxygen atoms in total. The minimum absolute atomic E-state index is 0.00147. The molecule has 37 heavy (non-hydrogen) atoms. The van der Waals surface area contributed by atoms with Crippen molar-refractivity contribution >= 4 is 33.6 Å². The summed E-state index contributed by atoms with van der Waals surface area (Å²) in [6, 6.07) is 5.68. The molecule has 4 heterocycles. The van der Waals surface area contributed by atoms with E-state index < -0.39 is 22.1 Å². The Balaban J connectivity index is 1.25. The summed E-state index contributed by atoms with van der Waals surface area (Å²) in [4.78, 5) is 21.9. The van der Waals surface area contributed by atoms with Crippen LogP contribution < -0.4 is 0 Å². The minimum Gasteiger partial charge on any atom is -0.478 e. The van der Waals surface area contributed by atoms with Gasteiger partial charge in [0, 0.05) is 24.2 Å². The van der Waals surface area contributed by atoms with E-state index in [1.807, 2.05) is 0 Å². The molecular formula is C26H37ClN4O5S. The third kappa shape index (κ3) is 6.08. The fourth-order valence-electron chi connectivity index (χ4n) is 6.05. The molecular weight excluding hydrogens is 516 g/mol. The zero-order chi connectivity index (χ0) is 25.8. The van der Waals surface area contributed by atoms with Gasteiger partial charge in [-0.3, -0.25) is 4.99 Å². The second kappa shape index (κ2) is 11.9. The maximum Gasteiger partial charge on any atom is 0.409 e. The Morgan fingerprint density at radius 1 is 1.00 bits per heavy atom. The number of aliphatic imine (C=N–C) groups is 1. The van der Waals surface area contributed by atoms with Crippen LogP contribution in [0.25, 0.3) is 0 Å². The molecule has 2 atom stereocenters. The first-order chi connectivity index (χ1) is 17.9. The summed E-state index contributed by atoms with van der Waals surface area (Å²) >= 11 is 6.01. The molecule has 11 heteroatoms. The number of hydrogen-bond donors (Lipinski definition) is 0. The molecule has 0 bridgehead atoms. The number of carbonyl (C=O) groups excluding carboxylic acids is 1. The molecule has 2 unspecified atom stereocenters. The molecule has 0 N–H and O–H groups in total. The molecule has 0 saturated carbocycles. The van der Waals surface area contributed by atoms with E-state index in [9.17, 15) is 13.2 Å². The quantitative estimate of drug-likeness (QED) is 0.533. The first-order valence-corrected chi connectivity index (χ1v) is 15.4. The van der Waals surface area contributed by atoms with E-state index in [1.54, 1.807) is 17.0 Å². The number of nitrogens with zero attached hydrogens (tertiary/aromatic N) is 4. The number of sulfonamides is 1. The molecule has 0 radical (unpaired) electrons. The Labute approximate surface area is 224 Å². The van der Waals surface area contributed by atoms with E-state index in [2.05, 4.69) is 9.89 Å². The van der Waals surface area contributed by atoms with Crippen LogP contribution in [0.2, 0.25) is 5.02 Å². The Morgan fingerprint density at radius 3 is 2.41 bits per heavy atom. The Kier molecular flexibility index (Phi) is 8.58. The zero-order valence-corrected chi connectivity index (χ0v) is 22.8. The van der Waals surface area contributed by atoms with Crippen LogP contribution in [0, 0.1) is 0 Å². The monoisotopic (exact) mass is 552 g/mol. The second-order valence-corrected chi connectivity index (χ2v) is 12.6. The van der Waals surface area contributed by atoms with Crippen LogP contribution in [0.4, 0.5) is 4.79 Å². The fourth-order valence-corrected chi connectivity index (χ4v) is 7.98. The van der Waals surface area contributed by atoms with Gasteiger partial charge in [0.2, 0.25) is 15.9 Å². The molecule has 1 aromatic carbocycles. The molecule has 4 aliphatic heterocycles. The van der Waals surface area contributed by atoms with Gasteiger partial charge in [-0.25, -0.2) is 13.2 Å². The van der Waals surface area contributed by atoms with Gasteiger partial charge in [0.15, 0.2) is 0 Å². The Hall–Kier alpha value is -1.88. The summed E-state index contributed by atoms with van der Waals surface area (Å²) in [6.07, 6.45) is 7.38. The average molecular weight is 553 g/mol. The molecule has 0 spiro atoms. The smallest absolute Gasteiger partial charge is 0.409 e. The standard InChI is InChI=1S/C26H37ClN4O5S/c27-20-7-9-23(10-8-20)37(33,34)31-22(5-4-6-24(31)25-28-13-18-35-25)19-36-26(32)30-16-11-21(12-17-30)29-14-2-1-3-15-29/h7-10,21-22,24H,1-6,11-19H2. The first-order valence-electron chi connectivity index (χ1n) is 13.6. The maximum absolute atomic E-state index is 13.8. The lowest BCUT2D eigenvalue weighted by Gasteiger charge is -2.41. The summed E-state index contributed by atoms with van der Waals surface area (Å²) in [7, 11) is -3.90. The van der Waals surface area contributed by atoms with E-state index in [4.69, 9.17) is 21.1 Å². The van der Waals surface area contributed by atoms with Crippen molar-refractivity contribution in [1.82, 2.24) is 14.1 Å². The molecule has 204 valence electrons. The van der Waals surface area contributed by atoms with Gasteiger partial charge in [-0.15, -0.1) is 0 Å². The summed E-state index contributed by atoms with van der Waals surface area (Å²) < 4.78 is 40.6. The molecule has 4 aliphatic rings. The predicted molar refractivity (Wildman–Crippen MR) is 142 cm³/mol. The normalized spacial score (nSPS) is 26.5. The molecule has 0 aromatic heterocycles. The SMILES string of the molecule is O=C(OCC1CCCC(C2=NCCO2)N1S(=O)(=O)c1ccc(Cl)cc1)N1CCC(N2CCCCC2)CC1. The molecule has 3 saturated heterocycles. The van der Waals surface area contributed by atoms with Crippen molar-refractivity contribution < 1.29 is 22.7 Å². The number of hydrogen-bond acceptors (Lipinski definition) is 7. The van der Waals surface area contributed by atoms with Gasteiger partial charge in [-0.2, -0.15) is 4.31 Å². The topological polar surface area (TPSA) is 91.8 Å². The van der Waals surface area contributed by atoms with Crippen molar-refractivity contribution in [3.8, 4) is 0 Å². The van der Waals surface area contributed by atoms with Crippen LogP contribution >= 0.6 is 11.6 Å². The van der Waals surface area contributed by atoms with Crippen molar-refractivity contribution in [2.24, 2.45) is 4.99 Å². The van der Waals surface area contributed by atoms with Crippen molar-refractivity contribution in [2.75, 3.05) is 45.9 Å². The number of carbonyl (C=O) groups is 1. The van der Waals surface area contributed by atoms with E-state index in [0.29, 0.717) is 56.0 Å². The summed E-state index contributed by atoms with van der Waals surface area (Å²) in [6.45, 7) is 4.63. The van der Waals surface area contributed by atoms with Crippen LogP contribution in [0.5, 0.6) is 0 Å². The Bertz CT molecular complexity index is 1070. The van der Waals surface area contributed by atoms with E-state index in [1.165, 1.54) is 35.7 Å². The van der Waals surface area contributed by atoms with Crippen molar-refractivity contribution in [3.05, 3.63) is 29.3 Å². The van der Waals surface area contributed by atoms with Gasteiger partial charge in [0.05, 0.1) is 17.5 Å². The van der Waals surface area contributed by atoms with Crippen LogP contribution in [0.1, 0.15) is 51.4 Å². The molecule has 3 fully saturated rings. The highest BCUT2D eigenvalue weighted by molar-refractivity contribution is 7.89. The van der Waals surface area contributed by atoms with Crippen molar-refractivity contribution in [2.45, 2.75) is 74.4 Å². The van der Waals surface area contributed by atoms with Crippen LogP contribution in [-0.2, 0) is 19.5 Å². The highest BCUT2D eigenvalue weighted by Crippen LogP contribution is 2.32. The van der Waals surface area contributed by atoms with Gasteiger partial charge >= 0.3 is 6.09 Å². The van der Waals surface area contributed by atoms with Gasteiger partial charge < -0.3 is 19.3 Å². The number of rotatable bonds is 6. The van der Waals surface area contributed by atoms with Gasteiger partial charge in [0.25, 0.3) is 0 Å². The number of likely N-dealkylation sites (tertiary alicyclic amines) is 2. The van der Waals surface area contributed by atoms with Crippen LogP contribution in [0.3, 0.4) is 0 Å². The highest BCUT2D eigenvalue weighted by atomic mass is 35.5. The number of halogens is 1. The molecule has 1 aromatic rings. The van der Waals surface area contributed by atoms with Crippen LogP contribution in [0.15, 0.2) is 34.2 Å². The number of amides is 1. The van der Waals surface area contributed by atoms with Gasteiger partial charge in [-0.1, -0.05) is 18.0 Å². The summed E-state index contributed by atoms with van der Waals surface area (Å²) in [5.41, 5.74) is 0. The van der Waals surface area contributed by atoms with Gasteiger partial charge in [-0.05, 0) is 82.3 Å². The maximum atomic E-state index is 13.8. The summed E-state index contributed by atoms with van der Waals surface area (Å²) in [5, 5.41) is 0.465. The number of benzene rings is 1. The lowest BCUT2D eigenvalue weighted by atomic mass is 9.98. The highest BCUT2D eigenvalue weighted by Gasteiger charge is 2.44. The molecule has 0 aliphatic carbocycles. The average Bonchev–Trinajstić information content (AvgIpc) is 3.47. The van der Waals surface area contributed by atoms with Crippen molar-refractivity contribution in [3.63, 3.8) is 0 Å². The van der Waals surface area contributed by atoms with E-state index in [0.717, 1.165) is 32.4 Å². The van der Waals surface area contributed by atoms with Crippen molar-refractivity contribution in [1.29, 1.82) is 0 Å². The third-order valence-electron chi connectivity index (χ3n) is 7.99. The predicted octanol–water partition coefficient (Wildman–Crippen LogP) is 3.77. The zero-order valence-electron chi connectivity index (χ0n) is 21.3. The summed E-state index contributed by atoms with van der Waals surface area (Å²) in [5.74, 6) is 0.452. The molecule has 1 amide bonds. The second-order valence-electron chi connectivity index (χ2n) is 10.3. The van der Waals surface area contributed by atoms with E-state index >= 15 is 0 Å². The number of ether oxygens (including phenoxy) is 2. The lowest BCUT2D eigenvalue weighted by Crippen LogP contribution is -2.55. The number of piperidine rings is 3. The third-order valence-corrected chi connectivity index (χ3v) is 10.2. The van der Waals surface area contributed by atoms with Crippen LogP contribution in [-0.4, -0.2) is 98.6 Å². The fraction of sp³-hybridized carbons (Fsp3) is 0.692.